The molecule has 2 heterocycles. The summed E-state index contributed by atoms with van der Waals surface area (Å²) in [6.45, 7) is 7.39. The lowest BCUT2D eigenvalue weighted by Gasteiger charge is -2.29. The van der Waals surface area contributed by atoms with E-state index >= 15 is 0 Å². The van der Waals surface area contributed by atoms with Crippen molar-refractivity contribution >= 4 is 34.0 Å². The van der Waals surface area contributed by atoms with Crippen LogP contribution in [0, 0.1) is 5.92 Å². The van der Waals surface area contributed by atoms with Crippen LogP contribution in [0.25, 0.3) is 11.3 Å². The Labute approximate surface area is 207 Å². The summed E-state index contributed by atoms with van der Waals surface area (Å²) >= 11 is 3.42. The number of imidazole rings is 1. The van der Waals surface area contributed by atoms with Crippen molar-refractivity contribution in [1.29, 1.82) is 0 Å². The number of carbonyl (C=O) groups is 3. The molecule has 1 aliphatic rings. The number of methoxy groups -OCH3 is 1. The van der Waals surface area contributed by atoms with Gasteiger partial charge in [0.25, 0.3) is 0 Å². The van der Waals surface area contributed by atoms with E-state index < -0.39 is 24.3 Å². The minimum Gasteiger partial charge on any atom is -0.453 e. The number of rotatable bonds is 6. The number of hydrogen-bond donors (Lipinski definition) is 2. The van der Waals surface area contributed by atoms with Gasteiger partial charge >= 0.3 is 12.2 Å². The Balaban J connectivity index is 1.91. The van der Waals surface area contributed by atoms with Crippen LogP contribution in [0.4, 0.5) is 9.59 Å². The topological polar surface area (TPSA) is 117 Å². The molecule has 2 N–H and O–H groups in total. The predicted molar refractivity (Wildman–Crippen MR) is 129 cm³/mol. The third-order valence-corrected chi connectivity index (χ3v) is 5.94. The molecule has 1 saturated heterocycles. The molecule has 184 valence electrons. The molecule has 0 spiro atoms. The average molecular weight is 536 g/mol. The van der Waals surface area contributed by atoms with Gasteiger partial charge in [-0.2, -0.15) is 0 Å². The summed E-state index contributed by atoms with van der Waals surface area (Å²) in [5, 5.41) is 2.61. The van der Waals surface area contributed by atoms with E-state index in [2.05, 4.69) is 26.2 Å². The van der Waals surface area contributed by atoms with Gasteiger partial charge in [0, 0.05) is 16.2 Å². The largest absolute Gasteiger partial charge is 0.453 e. The van der Waals surface area contributed by atoms with Gasteiger partial charge in [0.1, 0.15) is 17.9 Å². The number of alkyl carbamates (subject to hydrolysis) is 1. The first-order valence-electron chi connectivity index (χ1n) is 11.0. The number of aromatic amines is 1. The fraction of sp³-hybridized carbons (Fsp3) is 0.478. The van der Waals surface area contributed by atoms with Crippen LogP contribution in [0.3, 0.4) is 0 Å². The van der Waals surface area contributed by atoms with Crippen LogP contribution in [-0.4, -0.2) is 70.3 Å². The number of hydrogen-bond acceptors (Lipinski definition) is 6. The highest BCUT2D eigenvalue weighted by molar-refractivity contribution is 9.10. The first-order chi connectivity index (χ1) is 16.1. The molecule has 0 radical (unpaired) electrons. The van der Waals surface area contributed by atoms with Crippen molar-refractivity contribution in [3.8, 4) is 11.3 Å². The first-order valence-corrected chi connectivity index (χ1v) is 11.8. The van der Waals surface area contributed by atoms with Crippen LogP contribution in [0.5, 0.6) is 0 Å². The molecule has 2 atom stereocenters. The van der Waals surface area contributed by atoms with E-state index in [0.29, 0.717) is 11.5 Å². The Kier molecular flexibility index (Phi) is 8.19. The molecule has 1 aromatic carbocycles. The summed E-state index contributed by atoms with van der Waals surface area (Å²) in [6.07, 6.45) is 0.252. The van der Waals surface area contributed by atoms with Gasteiger partial charge in [0.2, 0.25) is 5.91 Å². The zero-order chi connectivity index (χ0) is 25.0. The number of H-pyrrole nitrogens is 1. The Morgan fingerprint density at radius 2 is 1.85 bits per heavy atom. The number of ether oxygens (including phenoxy) is 2. The maximum Gasteiger partial charge on any atom is 0.411 e. The summed E-state index contributed by atoms with van der Waals surface area (Å²) in [7, 11) is 1.24. The van der Waals surface area contributed by atoms with Gasteiger partial charge in [-0.05, 0) is 31.9 Å². The van der Waals surface area contributed by atoms with E-state index in [1.54, 1.807) is 20.0 Å². The molecule has 0 bridgehead atoms. The van der Waals surface area contributed by atoms with Gasteiger partial charge in [-0.25, -0.2) is 14.6 Å². The van der Waals surface area contributed by atoms with Crippen LogP contribution in [0.1, 0.15) is 39.6 Å². The molecule has 1 unspecified atom stereocenters. The standard InChI is InChI=1S/C23H30BrN5O5/c1-13(2)19(27-22(31)33-5)21(30)29-12-28(23(32)34-14(3)4)11-18(29)20-25-10-17(26-20)15-6-8-16(24)9-7-15/h6-10,13-14,18-19H,11-12H2,1-5H3,(H,25,26)(H,27,31)/t18-,19?/m0/s1. The Bertz CT molecular complexity index is 1020. The number of carbonyl (C=O) groups excluding carboxylic acids is 3. The monoisotopic (exact) mass is 535 g/mol. The van der Waals surface area contributed by atoms with Gasteiger partial charge < -0.3 is 24.7 Å². The molecule has 34 heavy (non-hydrogen) atoms. The zero-order valence-electron chi connectivity index (χ0n) is 19.9. The van der Waals surface area contributed by atoms with E-state index in [4.69, 9.17) is 14.5 Å². The van der Waals surface area contributed by atoms with Gasteiger partial charge in [-0.15, -0.1) is 0 Å². The molecule has 0 aliphatic carbocycles. The number of benzene rings is 1. The van der Waals surface area contributed by atoms with Crippen LogP contribution in [0.15, 0.2) is 34.9 Å². The van der Waals surface area contributed by atoms with Gasteiger partial charge in [-0.3, -0.25) is 9.69 Å². The summed E-state index contributed by atoms with van der Waals surface area (Å²) in [6, 6.07) is 6.33. The molecule has 2 aromatic rings. The van der Waals surface area contributed by atoms with E-state index in [1.807, 2.05) is 38.1 Å². The SMILES string of the molecule is COC(=O)NC(C(=O)N1CN(C(=O)OC(C)C)C[C@H]1c1nc(-c2ccc(Br)cc2)c[nH]1)C(C)C. The Morgan fingerprint density at radius 1 is 1.18 bits per heavy atom. The molecule has 3 amide bonds. The molecule has 11 heteroatoms. The third-order valence-electron chi connectivity index (χ3n) is 5.42. The average Bonchev–Trinajstić information content (AvgIpc) is 3.44. The lowest BCUT2D eigenvalue weighted by Crippen LogP contribution is -2.51. The number of aromatic nitrogens is 2. The van der Waals surface area contributed by atoms with Crippen LogP contribution >= 0.6 is 15.9 Å². The van der Waals surface area contributed by atoms with Crippen molar-refractivity contribution < 1.29 is 23.9 Å². The molecule has 1 aromatic heterocycles. The molecule has 1 fully saturated rings. The number of nitrogens with zero attached hydrogens (tertiary/aromatic N) is 3. The van der Waals surface area contributed by atoms with Gasteiger partial charge in [-0.1, -0.05) is 41.9 Å². The molecule has 3 rings (SSSR count). The molecule has 0 saturated carbocycles. The van der Waals surface area contributed by atoms with E-state index in [9.17, 15) is 14.4 Å². The zero-order valence-corrected chi connectivity index (χ0v) is 21.5. The van der Waals surface area contributed by atoms with Crippen molar-refractivity contribution in [2.75, 3.05) is 20.3 Å². The number of amides is 3. The van der Waals surface area contributed by atoms with Gasteiger partial charge in [0.15, 0.2) is 0 Å². The predicted octanol–water partition coefficient (Wildman–Crippen LogP) is 3.91. The fourth-order valence-corrected chi connectivity index (χ4v) is 3.93. The smallest absolute Gasteiger partial charge is 0.411 e. The second-order valence-corrected chi connectivity index (χ2v) is 9.57. The Morgan fingerprint density at radius 3 is 2.44 bits per heavy atom. The summed E-state index contributed by atoms with van der Waals surface area (Å²) in [5.74, 6) is -0.0163. The van der Waals surface area contributed by atoms with Gasteiger partial charge in [0.05, 0.1) is 32.1 Å². The third kappa shape index (κ3) is 5.88. The van der Waals surface area contributed by atoms with Crippen molar-refractivity contribution in [2.24, 2.45) is 5.92 Å². The minimum absolute atomic E-state index is 0.00937. The summed E-state index contributed by atoms with van der Waals surface area (Å²) in [4.78, 5) is 48.9. The lowest BCUT2D eigenvalue weighted by molar-refractivity contribution is -0.135. The van der Waals surface area contributed by atoms with Crippen LogP contribution < -0.4 is 5.32 Å². The normalized spacial score (nSPS) is 16.6. The summed E-state index contributed by atoms with van der Waals surface area (Å²) < 4.78 is 11.0. The molecular formula is C23H30BrN5O5. The molecule has 1 aliphatic heterocycles. The fourth-order valence-electron chi connectivity index (χ4n) is 3.67. The molecular weight excluding hydrogens is 506 g/mol. The van der Waals surface area contributed by atoms with E-state index in [0.717, 1.165) is 10.0 Å². The first kappa shape index (κ1) is 25.5. The van der Waals surface area contributed by atoms with Crippen molar-refractivity contribution in [2.45, 2.75) is 45.9 Å². The Hall–Kier alpha value is -3.08. The summed E-state index contributed by atoms with van der Waals surface area (Å²) in [5.41, 5.74) is 1.62. The maximum atomic E-state index is 13.6. The highest BCUT2D eigenvalue weighted by atomic mass is 79.9. The molecule has 10 nitrogen and oxygen atoms in total. The van der Waals surface area contributed by atoms with E-state index in [-0.39, 0.29) is 31.1 Å². The van der Waals surface area contributed by atoms with Crippen molar-refractivity contribution in [3.05, 3.63) is 40.8 Å². The quantitative estimate of drug-likeness (QED) is 0.579. The highest BCUT2D eigenvalue weighted by Gasteiger charge is 2.42. The minimum atomic E-state index is -0.836. The van der Waals surface area contributed by atoms with Crippen LogP contribution in [-0.2, 0) is 14.3 Å². The second-order valence-electron chi connectivity index (χ2n) is 8.66. The number of nitrogens with one attached hydrogen (secondary N) is 2. The van der Waals surface area contributed by atoms with Crippen LogP contribution in [0.2, 0.25) is 0 Å². The maximum absolute atomic E-state index is 13.6. The lowest BCUT2D eigenvalue weighted by atomic mass is 10.0. The van der Waals surface area contributed by atoms with Crippen molar-refractivity contribution in [1.82, 2.24) is 25.1 Å². The van der Waals surface area contributed by atoms with E-state index in [1.165, 1.54) is 16.9 Å². The van der Waals surface area contributed by atoms with Crippen molar-refractivity contribution in [3.63, 3.8) is 0 Å². The second kappa shape index (κ2) is 10.9. The highest BCUT2D eigenvalue weighted by Crippen LogP contribution is 2.30. The number of halogens is 1.